The molecule has 3 aromatic rings. The number of nitrogens with two attached hydrogens (primary N) is 1. The Bertz CT molecular complexity index is 798. The maximum Gasteiger partial charge on any atom is 0.222 e. The third-order valence-electron chi connectivity index (χ3n) is 4.32. The Morgan fingerprint density at radius 1 is 1.04 bits per heavy atom. The lowest BCUT2D eigenvalue weighted by molar-refractivity contribution is -0.132. The topological polar surface area (TPSA) is 59.2 Å². The molecule has 0 spiro atoms. The van der Waals surface area contributed by atoms with E-state index in [2.05, 4.69) is 23.2 Å². The number of carbonyl (C=O) groups excluding carboxylic acids is 1. The van der Waals surface area contributed by atoms with Gasteiger partial charge in [0.2, 0.25) is 5.91 Å². The molecule has 1 amide bonds. The van der Waals surface area contributed by atoms with E-state index < -0.39 is 0 Å². The molecule has 3 rings (SSSR count). The van der Waals surface area contributed by atoms with Crippen molar-refractivity contribution in [3.63, 3.8) is 0 Å². The SMILES string of the molecule is NCCCN(Cc1ccccc1)C(=O)CCCc1nc2ccccc2s1. The van der Waals surface area contributed by atoms with Gasteiger partial charge in [-0.2, -0.15) is 0 Å². The van der Waals surface area contributed by atoms with E-state index in [0.717, 1.165) is 35.4 Å². The number of carbonyl (C=O) groups is 1. The lowest BCUT2D eigenvalue weighted by atomic mass is 10.1. The molecule has 0 saturated carbocycles. The Hall–Kier alpha value is -2.24. The van der Waals surface area contributed by atoms with E-state index in [4.69, 9.17) is 5.73 Å². The van der Waals surface area contributed by atoms with Crippen LogP contribution in [0.4, 0.5) is 0 Å². The first kappa shape index (κ1) is 18.5. The first-order valence-electron chi connectivity index (χ1n) is 9.12. The van der Waals surface area contributed by atoms with E-state index in [0.29, 0.717) is 26.1 Å². The third kappa shape index (κ3) is 5.13. The fraction of sp³-hybridized carbons (Fsp3) is 0.333. The van der Waals surface area contributed by atoms with Crippen molar-refractivity contribution in [3.8, 4) is 0 Å². The Morgan fingerprint density at radius 3 is 2.58 bits per heavy atom. The van der Waals surface area contributed by atoms with Crippen molar-refractivity contribution in [3.05, 3.63) is 65.2 Å². The molecular formula is C21H25N3OS. The van der Waals surface area contributed by atoms with Crippen molar-refractivity contribution in [2.75, 3.05) is 13.1 Å². The minimum atomic E-state index is 0.198. The van der Waals surface area contributed by atoms with Gasteiger partial charge in [0.05, 0.1) is 15.2 Å². The average Bonchev–Trinajstić information content (AvgIpc) is 3.08. The van der Waals surface area contributed by atoms with Crippen LogP contribution in [0.25, 0.3) is 10.2 Å². The maximum absolute atomic E-state index is 12.7. The highest BCUT2D eigenvalue weighted by molar-refractivity contribution is 7.18. The summed E-state index contributed by atoms with van der Waals surface area (Å²) in [4.78, 5) is 19.3. The summed E-state index contributed by atoms with van der Waals surface area (Å²) in [6.45, 7) is 1.97. The predicted molar refractivity (Wildman–Crippen MR) is 108 cm³/mol. The molecule has 1 heterocycles. The molecule has 2 N–H and O–H groups in total. The summed E-state index contributed by atoms with van der Waals surface area (Å²) in [5.41, 5.74) is 7.84. The van der Waals surface area contributed by atoms with E-state index in [-0.39, 0.29) is 5.91 Å². The van der Waals surface area contributed by atoms with E-state index >= 15 is 0 Å². The Labute approximate surface area is 158 Å². The zero-order valence-electron chi connectivity index (χ0n) is 14.9. The number of benzene rings is 2. The van der Waals surface area contributed by atoms with E-state index in [1.165, 1.54) is 4.70 Å². The van der Waals surface area contributed by atoms with Gasteiger partial charge in [-0.3, -0.25) is 4.79 Å². The summed E-state index contributed by atoms with van der Waals surface area (Å²) in [5, 5.41) is 1.11. The van der Waals surface area contributed by atoms with Gasteiger partial charge < -0.3 is 10.6 Å². The molecular weight excluding hydrogens is 342 g/mol. The van der Waals surface area contributed by atoms with E-state index in [9.17, 15) is 4.79 Å². The number of thiazole rings is 1. The summed E-state index contributed by atoms with van der Waals surface area (Å²) in [7, 11) is 0. The molecule has 26 heavy (non-hydrogen) atoms. The number of fused-ring (bicyclic) bond motifs is 1. The zero-order chi connectivity index (χ0) is 18.2. The molecule has 0 bridgehead atoms. The van der Waals surface area contributed by atoms with Gasteiger partial charge in [0.15, 0.2) is 0 Å². The highest BCUT2D eigenvalue weighted by Crippen LogP contribution is 2.23. The van der Waals surface area contributed by atoms with Crippen molar-refractivity contribution in [1.29, 1.82) is 0 Å². The van der Waals surface area contributed by atoms with Crippen LogP contribution in [0, 0.1) is 0 Å². The number of rotatable bonds is 9. The summed E-state index contributed by atoms with van der Waals surface area (Å²) >= 11 is 1.72. The molecule has 0 unspecified atom stereocenters. The number of aromatic nitrogens is 1. The number of amides is 1. The number of hydrogen-bond donors (Lipinski definition) is 1. The van der Waals surface area contributed by atoms with Crippen LogP contribution < -0.4 is 5.73 Å². The minimum absolute atomic E-state index is 0.198. The van der Waals surface area contributed by atoms with Crippen LogP contribution in [0.5, 0.6) is 0 Å². The fourth-order valence-electron chi connectivity index (χ4n) is 2.95. The summed E-state index contributed by atoms with van der Waals surface area (Å²) in [6, 6.07) is 18.3. The molecule has 5 heteroatoms. The largest absolute Gasteiger partial charge is 0.338 e. The van der Waals surface area contributed by atoms with Crippen molar-refractivity contribution >= 4 is 27.5 Å². The van der Waals surface area contributed by atoms with Gasteiger partial charge in [0, 0.05) is 19.5 Å². The lowest BCUT2D eigenvalue weighted by Crippen LogP contribution is -2.32. The van der Waals surface area contributed by atoms with Crippen LogP contribution >= 0.6 is 11.3 Å². The van der Waals surface area contributed by atoms with Crippen molar-refractivity contribution in [1.82, 2.24) is 9.88 Å². The predicted octanol–water partition coefficient (Wildman–Crippen LogP) is 4.00. The zero-order valence-corrected chi connectivity index (χ0v) is 15.8. The minimum Gasteiger partial charge on any atom is -0.338 e. The molecule has 0 radical (unpaired) electrons. The molecule has 0 atom stereocenters. The summed E-state index contributed by atoms with van der Waals surface area (Å²) in [5.74, 6) is 0.198. The third-order valence-corrected chi connectivity index (χ3v) is 5.42. The molecule has 1 aromatic heterocycles. The first-order valence-corrected chi connectivity index (χ1v) is 9.94. The van der Waals surface area contributed by atoms with Crippen LogP contribution in [-0.4, -0.2) is 28.9 Å². The molecule has 0 fully saturated rings. The standard InChI is InChI=1S/C21H25N3OS/c22-14-7-15-24(16-17-8-2-1-3-9-17)21(25)13-6-12-20-23-18-10-4-5-11-19(18)26-20/h1-5,8-11H,6-7,12-16,22H2. The van der Waals surface area contributed by atoms with E-state index in [1.54, 1.807) is 11.3 Å². The first-order chi connectivity index (χ1) is 12.8. The Morgan fingerprint density at radius 2 is 1.81 bits per heavy atom. The van der Waals surface area contributed by atoms with Crippen molar-refractivity contribution < 1.29 is 4.79 Å². The van der Waals surface area contributed by atoms with Crippen LogP contribution in [0.15, 0.2) is 54.6 Å². The molecule has 2 aromatic carbocycles. The average molecular weight is 368 g/mol. The highest BCUT2D eigenvalue weighted by Gasteiger charge is 2.14. The van der Waals surface area contributed by atoms with Gasteiger partial charge in [0.1, 0.15) is 0 Å². The van der Waals surface area contributed by atoms with Gasteiger partial charge in [0.25, 0.3) is 0 Å². The summed E-state index contributed by atoms with van der Waals surface area (Å²) < 4.78 is 1.21. The van der Waals surface area contributed by atoms with Gasteiger partial charge in [-0.1, -0.05) is 42.5 Å². The van der Waals surface area contributed by atoms with Crippen LogP contribution in [0.1, 0.15) is 29.8 Å². The lowest BCUT2D eigenvalue weighted by Gasteiger charge is -2.22. The number of nitrogens with zero attached hydrogens (tertiary/aromatic N) is 2. The molecule has 4 nitrogen and oxygen atoms in total. The smallest absolute Gasteiger partial charge is 0.222 e. The summed E-state index contributed by atoms with van der Waals surface area (Å²) in [6.07, 6.45) is 3.05. The molecule has 0 saturated heterocycles. The number of aryl methyl sites for hydroxylation is 1. The Kier molecular flexibility index (Phi) is 6.75. The molecule has 136 valence electrons. The highest BCUT2D eigenvalue weighted by atomic mass is 32.1. The molecule has 0 aliphatic rings. The van der Waals surface area contributed by atoms with Crippen LogP contribution in [-0.2, 0) is 17.8 Å². The van der Waals surface area contributed by atoms with Gasteiger partial charge in [-0.05, 0) is 43.5 Å². The van der Waals surface area contributed by atoms with Gasteiger partial charge >= 0.3 is 0 Å². The molecule has 0 aliphatic carbocycles. The second-order valence-corrected chi connectivity index (χ2v) is 7.49. The normalized spacial score (nSPS) is 11.0. The fourth-order valence-corrected chi connectivity index (χ4v) is 3.96. The van der Waals surface area contributed by atoms with Crippen LogP contribution in [0.3, 0.4) is 0 Å². The monoisotopic (exact) mass is 367 g/mol. The molecule has 0 aliphatic heterocycles. The number of para-hydroxylation sites is 1. The second-order valence-electron chi connectivity index (χ2n) is 6.37. The maximum atomic E-state index is 12.7. The second kappa shape index (κ2) is 9.46. The van der Waals surface area contributed by atoms with Gasteiger partial charge in [-0.25, -0.2) is 4.98 Å². The van der Waals surface area contributed by atoms with E-state index in [1.807, 2.05) is 41.3 Å². The quantitative estimate of drug-likeness (QED) is 0.622. The van der Waals surface area contributed by atoms with Crippen molar-refractivity contribution in [2.45, 2.75) is 32.2 Å². The van der Waals surface area contributed by atoms with Crippen molar-refractivity contribution in [2.24, 2.45) is 5.73 Å². The van der Waals surface area contributed by atoms with Gasteiger partial charge in [-0.15, -0.1) is 11.3 Å². The number of hydrogen-bond acceptors (Lipinski definition) is 4. The Balaban J connectivity index is 1.54. The van der Waals surface area contributed by atoms with Crippen LogP contribution in [0.2, 0.25) is 0 Å².